The van der Waals surface area contributed by atoms with Gasteiger partial charge in [0.1, 0.15) is 17.3 Å². The van der Waals surface area contributed by atoms with Crippen molar-refractivity contribution in [2.75, 3.05) is 45.9 Å². The van der Waals surface area contributed by atoms with Gasteiger partial charge in [-0.3, -0.25) is 4.90 Å². The Bertz CT molecular complexity index is 851. The zero-order valence-corrected chi connectivity index (χ0v) is 18.8. The van der Waals surface area contributed by atoms with E-state index in [1.807, 2.05) is 38.1 Å². The number of aliphatic hydroxyl groups is 1. The van der Waals surface area contributed by atoms with Gasteiger partial charge in [-0.1, -0.05) is 12.1 Å². The molecule has 8 heteroatoms. The summed E-state index contributed by atoms with van der Waals surface area (Å²) < 4.78 is 24.1. The van der Waals surface area contributed by atoms with E-state index in [-0.39, 0.29) is 5.82 Å². The van der Waals surface area contributed by atoms with Gasteiger partial charge in [-0.2, -0.15) is 0 Å². The van der Waals surface area contributed by atoms with Crippen molar-refractivity contribution in [3.8, 4) is 11.5 Å². The van der Waals surface area contributed by atoms with Gasteiger partial charge in [-0.15, -0.1) is 0 Å². The minimum absolute atomic E-state index is 0.293. The first-order chi connectivity index (χ1) is 15.4. The fourth-order valence-corrected chi connectivity index (χ4v) is 3.38. The number of guanidine groups is 1. The maximum atomic E-state index is 13.0. The molecule has 1 aliphatic heterocycles. The van der Waals surface area contributed by atoms with Crippen molar-refractivity contribution in [2.45, 2.75) is 26.0 Å². The van der Waals surface area contributed by atoms with Gasteiger partial charge < -0.3 is 25.2 Å². The molecule has 0 aliphatic carbocycles. The van der Waals surface area contributed by atoms with E-state index in [4.69, 9.17) is 9.47 Å². The van der Waals surface area contributed by atoms with Crippen LogP contribution in [-0.2, 0) is 11.3 Å². The van der Waals surface area contributed by atoms with E-state index in [1.54, 1.807) is 12.1 Å². The van der Waals surface area contributed by atoms with Crippen molar-refractivity contribution in [2.24, 2.45) is 4.99 Å². The summed E-state index contributed by atoms with van der Waals surface area (Å²) in [5, 5.41) is 17.2. The molecule has 3 N–H and O–H groups in total. The van der Waals surface area contributed by atoms with Crippen molar-refractivity contribution >= 4 is 5.96 Å². The van der Waals surface area contributed by atoms with Crippen LogP contribution in [0.1, 0.15) is 19.4 Å². The minimum atomic E-state index is -0.882. The fourth-order valence-electron chi connectivity index (χ4n) is 3.38. The molecule has 2 aromatic carbocycles. The molecule has 1 unspecified atom stereocenters. The molecule has 3 rings (SSSR count). The van der Waals surface area contributed by atoms with E-state index in [9.17, 15) is 9.50 Å². The highest BCUT2D eigenvalue weighted by Gasteiger charge is 2.25. The van der Waals surface area contributed by atoms with Crippen LogP contribution in [-0.4, -0.2) is 67.5 Å². The van der Waals surface area contributed by atoms with Gasteiger partial charge in [0.25, 0.3) is 0 Å². The molecule has 7 nitrogen and oxygen atoms in total. The second kappa shape index (κ2) is 11.8. The molecule has 0 bridgehead atoms. The Labute approximate surface area is 189 Å². The number of aliphatic imine (C=N–C) groups is 1. The Hall–Kier alpha value is -2.68. The summed E-state index contributed by atoms with van der Waals surface area (Å²) in [6.45, 7) is 9.11. The number of hydrogen-bond donors (Lipinski definition) is 3. The molecule has 1 atom stereocenters. The molecule has 0 radical (unpaired) electrons. The monoisotopic (exact) mass is 444 g/mol. The number of morpholine rings is 1. The van der Waals surface area contributed by atoms with Crippen LogP contribution in [0.15, 0.2) is 53.5 Å². The molecule has 1 aliphatic rings. The summed E-state index contributed by atoms with van der Waals surface area (Å²) in [5.74, 6) is 1.62. The summed E-state index contributed by atoms with van der Waals surface area (Å²) >= 11 is 0. The van der Waals surface area contributed by atoms with Gasteiger partial charge in [-0.25, -0.2) is 9.38 Å². The maximum absolute atomic E-state index is 13.0. The van der Waals surface area contributed by atoms with Crippen LogP contribution in [0.25, 0.3) is 0 Å². The van der Waals surface area contributed by atoms with Gasteiger partial charge in [0.2, 0.25) is 0 Å². The summed E-state index contributed by atoms with van der Waals surface area (Å²) in [6.07, 6.45) is 0. The lowest BCUT2D eigenvalue weighted by atomic mass is 10.1. The standard InChI is InChI=1S/C24H33FN4O3/c1-3-26-23(28-17-24(2,30)18-29-12-14-31-15-13-29)27-16-19-4-8-21(9-5-19)32-22-10-6-20(25)7-11-22/h4-11,30H,3,12-18H2,1-2H3,(H2,26,27,28). The number of nitrogens with zero attached hydrogens (tertiary/aromatic N) is 2. The summed E-state index contributed by atoms with van der Waals surface area (Å²) in [4.78, 5) is 6.84. The van der Waals surface area contributed by atoms with Crippen LogP contribution in [0.3, 0.4) is 0 Å². The molecule has 0 aromatic heterocycles. The Morgan fingerprint density at radius 1 is 1.09 bits per heavy atom. The first-order valence-electron chi connectivity index (χ1n) is 11.0. The zero-order chi connectivity index (χ0) is 22.8. The first-order valence-corrected chi connectivity index (χ1v) is 11.0. The molecule has 174 valence electrons. The third-order valence-corrected chi connectivity index (χ3v) is 5.04. The quantitative estimate of drug-likeness (QED) is 0.408. The fraction of sp³-hybridized carbons (Fsp3) is 0.458. The smallest absolute Gasteiger partial charge is 0.191 e. The second-order valence-corrected chi connectivity index (χ2v) is 8.13. The SMILES string of the molecule is CCNC(=NCc1ccc(Oc2ccc(F)cc2)cc1)NCC(C)(O)CN1CCOCC1. The molecule has 1 heterocycles. The van der Waals surface area contributed by atoms with Crippen molar-refractivity contribution in [3.05, 3.63) is 59.9 Å². The number of halogens is 1. The summed E-state index contributed by atoms with van der Waals surface area (Å²) in [6, 6.07) is 13.5. The van der Waals surface area contributed by atoms with Crippen molar-refractivity contribution in [3.63, 3.8) is 0 Å². The molecular formula is C24H33FN4O3. The van der Waals surface area contributed by atoms with E-state index >= 15 is 0 Å². The Balaban J connectivity index is 1.51. The lowest BCUT2D eigenvalue weighted by Crippen LogP contribution is -2.52. The Kier molecular flexibility index (Phi) is 8.84. The minimum Gasteiger partial charge on any atom is -0.457 e. The zero-order valence-electron chi connectivity index (χ0n) is 18.8. The average molecular weight is 445 g/mol. The van der Waals surface area contributed by atoms with Gasteiger partial charge >= 0.3 is 0 Å². The van der Waals surface area contributed by atoms with Gasteiger partial charge in [0, 0.05) is 32.7 Å². The Morgan fingerprint density at radius 2 is 1.72 bits per heavy atom. The summed E-state index contributed by atoms with van der Waals surface area (Å²) in [7, 11) is 0. The normalized spacial score (nSPS) is 16.9. The lowest BCUT2D eigenvalue weighted by molar-refractivity contribution is -0.0201. The van der Waals surface area contributed by atoms with Crippen molar-refractivity contribution in [1.29, 1.82) is 0 Å². The topological polar surface area (TPSA) is 78.4 Å². The number of hydrogen-bond acceptors (Lipinski definition) is 5. The van der Waals surface area contributed by atoms with Gasteiger partial charge in [0.15, 0.2) is 5.96 Å². The van der Waals surface area contributed by atoms with Crippen LogP contribution in [0.2, 0.25) is 0 Å². The summed E-state index contributed by atoms with van der Waals surface area (Å²) in [5.41, 5.74) is 0.140. The van der Waals surface area contributed by atoms with E-state index in [1.165, 1.54) is 12.1 Å². The van der Waals surface area contributed by atoms with Crippen LogP contribution in [0.5, 0.6) is 11.5 Å². The number of benzene rings is 2. The van der Waals surface area contributed by atoms with Crippen LogP contribution >= 0.6 is 0 Å². The van der Waals surface area contributed by atoms with Crippen molar-refractivity contribution < 1.29 is 19.0 Å². The molecule has 32 heavy (non-hydrogen) atoms. The van der Waals surface area contributed by atoms with Gasteiger partial charge in [-0.05, 0) is 55.8 Å². The Morgan fingerprint density at radius 3 is 2.34 bits per heavy atom. The average Bonchev–Trinajstić information content (AvgIpc) is 2.79. The number of nitrogens with one attached hydrogen (secondary N) is 2. The predicted molar refractivity (Wildman–Crippen MR) is 124 cm³/mol. The maximum Gasteiger partial charge on any atom is 0.191 e. The largest absolute Gasteiger partial charge is 0.457 e. The van der Waals surface area contributed by atoms with E-state index in [0.717, 1.165) is 25.2 Å². The number of β-amino-alcohol motifs (C(OH)–C–C–N with tert-alkyl or cyclic N) is 1. The van der Waals surface area contributed by atoms with Crippen molar-refractivity contribution in [1.82, 2.24) is 15.5 Å². The third kappa shape index (κ3) is 8.11. The highest BCUT2D eigenvalue weighted by Crippen LogP contribution is 2.22. The highest BCUT2D eigenvalue weighted by molar-refractivity contribution is 5.79. The molecule has 1 saturated heterocycles. The van der Waals surface area contributed by atoms with Crippen LogP contribution < -0.4 is 15.4 Å². The highest BCUT2D eigenvalue weighted by atomic mass is 19.1. The predicted octanol–water partition coefficient (Wildman–Crippen LogP) is 2.76. The lowest BCUT2D eigenvalue weighted by Gasteiger charge is -2.34. The molecule has 0 amide bonds. The molecule has 2 aromatic rings. The third-order valence-electron chi connectivity index (χ3n) is 5.04. The van der Waals surface area contributed by atoms with E-state index in [0.29, 0.717) is 50.3 Å². The van der Waals surface area contributed by atoms with E-state index < -0.39 is 5.60 Å². The van der Waals surface area contributed by atoms with Crippen LogP contribution in [0.4, 0.5) is 4.39 Å². The van der Waals surface area contributed by atoms with Gasteiger partial charge in [0.05, 0.1) is 25.4 Å². The number of rotatable bonds is 9. The molecule has 1 fully saturated rings. The molecule has 0 spiro atoms. The molecular weight excluding hydrogens is 411 g/mol. The number of ether oxygens (including phenoxy) is 2. The molecule has 0 saturated carbocycles. The van der Waals surface area contributed by atoms with Crippen LogP contribution in [0, 0.1) is 5.82 Å². The first kappa shape index (κ1) is 24.0. The second-order valence-electron chi connectivity index (χ2n) is 8.13. The van der Waals surface area contributed by atoms with E-state index in [2.05, 4.69) is 20.5 Å².